The molecule has 2 aromatic rings. The molecule has 1 aliphatic carbocycles. The number of hydrogen-bond acceptors (Lipinski definition) is 5. The van der Waals surface area contributed by atoms with Gasteiger partial charge in [-0.2, -0.15) is 0 Å². The van der Waals surface area contributed by atoms with E-state index in [0.29, 0.717) is 31.5 Å². The van der Waals surface area contributed by atoms with Crippen molar-refractivity contribution in [1.29, 1.82) is 0 Å². The average molecular weight is 433 g/mol. The average Bonchev–Trinajstić information content (AvgIpc) is 2.81. The van der Waals surface area contributed by atoms with Crippen molar-refractivity contribution >= 4 is 17.6 Å². The molecule has 5 bridgehead atoms. The summed E-state index contributed by atoms with van der Waals surface area (Å²) in [6, 6.07) is 14.6. The molecule has 1 amide bonds. The van der Waals surface area contributed by atoms with E-state index in [4.69, 9.17) is 10.5 Å². The molecule has 0 unspecified atom stereocenters. The number of nitrogens with two attached hydrogens (primary N) is 1. The zero-order valence-electron chi connectivity index (χ0n) is 18.6. The van der Waals surface area contributed by atoms with Gasteiger partial charge in [-0.05, 0) is 61.6 Å². The Morgan fingerprint density at radius 2 is 1.78 bits per heavy atom. The molecule has 0 spiro atoms. The van der Waals surface area contributed by atoms with Gasteiger partial charge in [-0.15, -0.1) is 0 Å². The molecule has 0 aromatic heterocycles. The molecular formula is C26H32N4O2. The fourth-order valence-electron chi connectivity index (χ4n) is 5.17. The number of carbonyl (C=O) groups excluding carboxylic acids is 1. The van der Waals surface area contributed by atoms with Crippen LogP contribution >= 0.6 is 0 Å². The third-order valence-electron chi connectivity index (χ3n) is 6.90. The quantitative estimate of drug-likeness (QED) is 0.707. The maximum absolute atomic E-state index is 13.3. The van der Waals surface area contributed by atoms with E-state index in [2.05, 4.69) is 22.0 Å². The molecule has 32 heavy (non-hydrogen) atoms. The monoisotopic (exact) mass is 432 g/mol. The van der Waals surface area contributed by atoms with E-state index in [9.17, 15) is 4.79 Å². The van der Waals surface area contributed by atoms with Crippen LogP contribution in [-0.2, 0) is 17.8 Å². The SMILES string of the molecule is NC1=Nc2ccc3cc2CN1CCC(=O)N(C1CCCCC1)CCCc1cccc(c1)O3. The van der Waals surface area contributed by atoms with E-state index in [-0.39, 0.29) is 5.91 Å². The summed E-state index contributed by atoms with van der Waals surface area (Å²) >= 11 is 0. The van der Waals surface area contributed by atoms with E-state index in [1.165, 1.54) is 24.8 Å². The third-order valence-corrected chi connectivity index (χ3v) is 6.90. The van der Waals surface area contributed by atoms with E-state index >= 15 is 0 Å². The highest BCUT2D eigenvalue weighted by molar-refractivity contribution is 5.84. The summed E-state index contributed by atoms with van der Waals surface area (Å²) in [6.45, 7) is 2.03. The number of nitrogens with zero attached hydrogens (tertiary/aromatic N) is 3. The van der Waals surface area contributed by atoms with E-state index in [0.717, 1.165) is 55.0 Å². The number of aliphatic imine (C=N–C) groups is 1. The first-order valence-electron chi connectivity index (χ1n) is 11.9. The lowest BCUT2D eigenvalue weighted by Gasteiger charge is -2.35. The Balaban J connectivity index is 1.44. The van der Waals surface area contributed by atoms with Crippen LogP contribution in [0.4, 0.5) is 5.69 Å². The van der Waals surface area contributed by atoms with Gasteiger partial charge >= 0.3 is 0 Å². The molecule has 0 saturated heterocycles. The molecule has 2 N–H and O–H groups in total. The molecule has 6 nitrogen and oxygen atoms in total. The van der Waals surface area contributed by atoms with Crippen LogP contribution in [0, 0.1) is 0 Å². The number of rotatable bonds is 1. The maximum atomic E-state index is 13.3. The fourth-order valence-corrected chi connectivity index (χ4v) is 5.17. The lowest BCUT2D eigenvalue weighted by molar-refractivity contribution is -0.134. The normalized spacial score (nSPS) is 20.1. The minimum Gasteiger partial charge on any atom is -0.457 e. The van der Waals surface area contributed by atoms with Gasteiger partial charge < -0.3 is 20.3 Å². The molecule has 0 radical (unpaired) electrons. The van der Waals surface area contributed by atoms with Crippen LogP contribution in [0.5, 0.6) is 11.5 Å². The number of guanidine groups is 1. The maximum Gasteiger partial charge on any atom is 0.224 e. The van der Waals surface area contributed by atoms with Gasteiger partial charge in [0, 0.05) is 37.7 Å². The van der Waals surface area contributed by atoms with Gasteiger partial charge in [0.2, 0.25) is 5.91 Å². The largest absolute Gasteiger partial charge is 0.457 e. The molecule has 1 fully saturated rings. The fraction of sp³-hybridized carbons (Fsp3) is 0.462. The highest BCUT2D eigenvalue weighted by atomic mass is 16.5. The minimum atomic E-state index is 0.244. The van der Waals surface area contributed by atoms with Gasteiger partial charge in [-0.25, -0.2) is 4.99 Å². The molecule has 6 heteroatoms. The van der Waals surface area contributed by atoms with Crippen LogP contribution < -0.4 is 10.5 Å². The summed E-state index contributed by atoms with van der Waals surface area (Å²) in [4.78, 5) is 22.1. The van der Waals surface area contributed by atoms with Crippen molar-refractivity contribution in [1.82, 2.24) is 9.80 Å². The second-order valence-electron chi connectivity index (χ2n) is 9.16. The second kappa shape index (κ2) is 9.23. The van der Waals surface area contributed by atoms with E-state index in [1.54, 1.807) is 0 Å². The van der Waals surface area contributed by atoms with Crippen LogP contribution in [0.3, 0.4) is 0 Å². The molecule has 168 valence electrons. The summed E-state index contributed by atoms with van der Waals surface area (Å²) in [5, 5.41) is 0. The van der Waals surface area contributed by atoms with Crippen molar-refractivity contribution in [3.63, 3.8) is 0 Å². The molecule has 0 atom stereocenters. The first kappa shape index (κ1) is 20.9. The standard InChI is InChI=1S/C26H32N4O2/c27-26-28-24-12-11-23-17-20(24)18-29(26)15-13-25(31)30(21-8-2-1-3-9-21)14-5-7-19-6-4-10-22(16-19)32-23/h4,6,10-12,16-17,21H,1-3,5,7-9,13-15,18H2,(H2,27,28). The van der Waals surface area contributed by atoms with Gasteiger partial charge in [0.25, 0.3) is 0 Å². The first-order valence-corrected chi connectivity index (χ1v) is 11.9. The predicted octanol–water partition coefficient (Wildman–Crippen LogP) is 4.74. The summed E-state index contributed by atoms with van der Waals surface area (Å²) in [6.07, 6.45) is 8.33. The predicted molar refractivity (Wildman–Crippen MR) is 126 cm³/mol. The third kappa shape index (κ3) is 4.59. The van der Waals surface area contributed by atoms with Crippen LogP contribution in [-0.4, -0.2) is 40.8 Å². The molecule has 2 aromatic carbocycles. The zero-order valence-corrected chi connectivity index (χ0v) is 18.6. The summed E-state index contributed by atoms with van der Waals surface area (Å²) in [7, 11) is 0. The van der Waals surface area contributed by atoms with Crippen molar-refractivity contribution in [2.45, 2.75) is 64.0 Å². The summed E-state index contributed by atoms with van der Waals surface area (Å²) in [5.41, 5.74) is 9.43. The first-order chi connectivity index (χ1) is 15.7. The number of aryl methyl sites for hydroxylation is 1. The minimum absolute atomic E-state index is 0.244. The molecular weight excluding hydrogens is 400 g/mol. The number of amides is 1. The van der Waals surface area contributed by atoms with Crippen LogP contribution in [0.15, 0.2) is 47.5 Å². The Bertz CT molecular complexity index is 1010. The summed E-state index contributed by atoms with van der Waals surface area (Å²) < 4.78 is 6.17. The number of benzene rings is 2. The number of fused-ring (bicyclic) bond motifs is 4. The lowest BCUT2D eigenvalue weighted by atomic mass is 9.93. The van der Waals surface area contributed by atoms with E-state index < -0.39 is 0 Å². The molecule has 2 heterocycles. The summed E-state index contributed by atoms with van der Waals surface area (Å²) in [5.74, 6) is 2.36. The number of carbonyl (C=O) groups is 1. The topological polar surface area (TPSA) is 71.2 Å². The van der Waals surface area contributed by atoms with Crippen molar-refractivity contribution in [3.05, 3.63) is 53.6 Å². The highest BCUT2D eigenvalue weighted by Gasteiger charge is 2.26. The van der Waals surface area contributed by atoms with Crippen molar-refractivity contribution in [2.75, 3.05) is 13.1 Å². The van der Waals surface area contributed by atoms with Gasteiger partial charge in [0.1, 0.15) is 11.5 Å². The van der Waals surface area contributed by atoms with Gasteiger partial charge in [0.15, 0.2) is 5.96 Å². The number of hydrogen-bond donors (Lipinski definition) is 1. The molecule has 2 aliphatic heterocycles. The Kier molecular flexibility index (Phi) is 6.02. The Morgan fingerprint density at radius 3 is 2.66 bits per heavy atom. The van der Waals surface area contributed by atoms with Crippen LogP contribution in [0.2, 0.25) is 0 Å². The van der Waals surface area contributed by atoms with Crippen molar-refractivity contribution in [3.8, 4) is 11.5 Å². The van der Waals surface area contributed by atoms with Crippen molar-refractivity contribution < 1.29 is 9.53 Å². The molecule has 5 rings (SSSR count). The van der Waals surface area contributed by atoms with E-state index in [1.807, 2.05) is 35.2 Å². The zero-order chi connectivity index (χ0) is 21.9. The Morgan fingerprint density at radius 1 is 0.938 bits per heavy atom. The Labute approximate surface area is 190 Å². The van der Waals surface area contributed by atoms with Crippen molar-refractivity contribution in [2.24, 2.45) is 10.7 Å². The lowest BCUT2D eigenvalue weighted by Crippen LogP contribution is -2.45. The van der Waals surface area contributed by atoms with Gasteiger partial charge in [-0.1, -0.05) is 31.4 Å². The molecule has 1 saturated carbocycles. The second-order valence-corrected chi connectivity index (χ2v) is 9.16. The van der Waals surface area contributed by atoms with Crippen LogP contribution in [0.25, 0.3) is 0 Å². The number of ether oxygens (including phenoxy) is 1. The Hall–Kier alpha value is -3.02. The highest BCUT2D eigenvalue weighted by Crippen LogP contribution is 2.32. The van der Waals surface area contributed by atoms with Gasteiger partial charge in [-0.3, -0.25) is 4.79 Å². The molecule has 3 aliphatic rings. The van der Waals surface area contributed by atoms with Crippen LogP contribution in [0.1, 0.15) is 56.1 Å². The van der Waals surface area contributed by atoms with Gasteiger partial charge in [0.05, 0.1) is 5.69 Å². The smallest absolute Gasteiger partial charge is 0.224 e.